The van der Waals surface area contributed by atoms with E-state index in [1.165, 1.54) is 89.1 Å². The number of nitriles is 1. The predicted molar refractivity (Wildman–Crippen MR) is 526 cm³/mol. The zero-order valence-corrected chi connectivity index (χ0v) is 84.8. The van der Waals surface area contributed by atoms with Gasteiger partial charge in [-0.3, -0.25) is 40.3 Å². The van der Waals surface area contributed by atoms with Crippen molar-refractivity contribution in [3.05, 3.63) is 291 Å². The normalized spacial score (nSPS) is 14.1. The molecule has 3 atom stereocenters. The Morgan fingerprint density at radius 1 is 0.417 bits per heavy atom. The number of aryl methyl sites for hydroxylation is 3. The van der Waals surface area contributed by atoms with Crippen molar-refractivity contribution in [2.75, 3.05) is 108 Å². The molecule has 0 bridgehead atoms. The Morgan fingerprint density at radius 2 is 0.819 bits per heavy atom. The molecule has 7 aromatic rings. The highest BCUT2D eigenvalue weighted by atomic mass is 35.5. The molecule has 5 heterocycles. The van der Waals surface area contributed by atoms with Crippen LogP contribution in [0.1, 0.15) is 182 Å². The molecule has 0 spiro atoms. The van der Waals surface area contributed by atoms with Crippen molar-refractivity contribution in [3.8, 4) is 28.3 Å². The molecule has 0 saturated carbocycles. The summed E-state index contributed by atoms with van der Waals surface area (Å²) in [6.45, 7) is 27.4. The number of non-ortho nitro benzene ring substituents is 3. The van der Waals surface area contributed by atoms with Crippen LogP contribution >= 0.6 is 23.2 Å². The number of nitrogens with two attached hydrogens (primary N) is 2. The van der Waals surface area contributed by atoms with Crippen molar-refractivity contribution in [3.63, 3.8) is 0 Å². The van der Waals surface area contributed by atoms with E-state index in [4.69, 9.17) is 101 Å². The summed E-state index contributed by atoms with van der Waals surface area (Å²) in [5, 5.41) is 52.9. The molecule has 770 valence electrons. The highest BCUT2D eigenvalue weighted by molar-refractivity contribution is 6.34. The molecule has 0 aliphatic carbocycles. The number of nitro benzene ring substituents is 3. The Labute approximate surface area is 841 Å². The lowest BCUT2D eigenvalue weighted by molar-refractivity contribution is -0.385. The molecule has 3 aliphatic rings. The summed E-state index contributed by atoms with van der Waals surface area (Å²) in [4.78, 5) is 168. The van der Waals surface area contributed by atoms with Gasteiger partial charge in [-0.05, 0) is 138 Å². The van der Waals surface area contributed by atoms with Gasteiger partial charge in [0, 0.05) is 113 Å². The van der Waals surface area contributed by atoms with E-state index >= 15 is 0 Å². The van der Waals surface area contributed by atoms with Crippen LogP contribution in [-0.4, -0.2) is 211 Å². The number of benzene rings is 5. The lowest BCUT2D eigenvalue weighted by Crippen LogP contribution is -2.35. The van der Waals surface area contributed by atoms with E-state index in [-0.39, 0.29) is 137 Å². The number of rotatable bonds is 37. The molecular weight excluding hydrogens is 1920 g/mol. The van der Waals surface area contributed by atoms with Gasteiger partial charge >= 0.3 is 59.7 Å². The predicted octanol–water partition coefficient (Wildman–Crippen LogP) is 14.5. The number of carbonyl (C=O) groups excluding carboxylic acids is 10. The van der Waals surface area contributed by atoms with Crippen molar-refractivity contribution >= 4 is 100.0 Å². The molecule has 5 aromatic carbocycles. The fourth-order valence-corrected chi connectivity index (χ4v) is 15.6. The maximum absolute atomic E-state index is 12.9. The Kier molecular flexibility index (Phi) is 46.7. The minimum absolute atomic E-state index is 0.00278. The number of nitro groups is 3. The monoisotopic (exact) mass is 2030 g/mol. The third kappa shape index (κ3) is 31.0. The van der Waals surface area contributed by atoms with Crippen LogP contribution in [0.3, 0.4) is 0 Å². The summed E-state index contributed by atoms with van der Waals surface area (Å²) in [5.41, 5.74) is 18.0. The Balaban J connectivity index is 0.000000275. The second-order valence-electron chi connectivity index (χ2n) is 32.0. The molecule has 0 amide bonds. The number of dihydropyridines is 3. The molecule has 3 unspecified atom stereocenters. The van der Waals surface area contributed by atoms with Crippen molar-refractivity contribution in [2.24, 2.45) is 11.5 Å². The van der Waals surface area contributed by atoms with E-state index in [0.29, 0.717) is 127 Å². The maximum atomic E-state index is 12.9. The number of hydrogen-bond acceptors (Lipinski definition) is 38. The Morgan fingerprint density at radius 3 is 1.30 bits per heavy atom. The summed E-state index contributed by atoms with van der Waals surface area (Å²) in [6, 6.07) is 32.9. The first kappa shape index (κ1) is 118. The summed E-state index contributed by atoms with van der Waals surface area (Å²) in [6.07, 6.45) is -1.22. The van der Waals surface area contributed by atoms with Gasteiger partial charge in [0.05, 0.1) is 209 Å². The molecule has 7 N–H and O–H groups in total. The molecule has 144 heavy (non-hydrogen) atoms. The highest BCUT2D eigenvalue weighted by Gasteiger charge is 2.44. The van der Waals surface area contributed by atoms with Crippen LogP contribution in [-0.2, 0) is 102 Å². The van der Waals surface area contributed by atoms with E-state index in [1.807, 2.05) is 6.07 Å². The van der Waals surface area contributed by atoms with Crippen LogP contribution in [0.5, 0.6) is 0 Å². The number of methoxy groups -OCH3 is 5. The minimum Gasteiger partial charge on any atom is -0.466 e. The summed E-state index contributed by atoms with van der Waals surface area (Å²) >= 11 is 12.8. The molecule has 2 aromatic heterocycles. The molecule has 41 nitrogen and oxygen atoms in total. The molecule has 3 aliphatic heterocycles. The quantitative estimate of drug-likeness (QED) is 0.00793. The first-order valence-electron chi connectivity index (χ1n) is 44.8. The second kappa shape index (κ2) is 57.2. The number of hydrogen-bond donors (Lipinski definition) is 5. The van der Waals surface area contributed by atoms with E-state index < -0.39 is 104 Å². The largest absolute Gasteiger partial charge is 0.466 e. The van der Waals surface area contributed by atoms with Crippen molar-refractivity contribution < 1.29 is 129 Å². The summed E-state index contributed by atoms with van der Waals surface area (Å²) < 4.78 is 72.6. The lowest BCUT2D eigenvalue weighted by Gasteiger charge is -2.31. The number of nitrogens with one attached hydrogen (secondary N) is 3. The van der Waals surface area contributed by atoms with Crippen LogP contribution in [0, 0.1) is 62.4 Å². The third-order valence-corrected chi connectivity index (χ3v) is 21.6. The number of nitrogens with zero attached hydrogens (tertiary/aromatic N) is 6. The average Bonchev–Trinajstić information content (AvgIpc) is 0.756. The number of halogens is 2. The molecule has 0 saturated heterocycles. The third-order valence-electron chi connectivity index (χ3n) is 20.9. The van der Waals surface area contributed by atoms with Gasteiger partial charge in [-0.2, -0.15) is 5.26 Å². The van der Waals surface area contributed by atoms with Crippen LogP contribution in [0.15, 0.2) is 189 Å². The number of aromatic nitrogens is 2. The SMILES string of the molecule is CCOC(=O)C1=C(COCCN)NC(C)=C(C(=O)OC)C1c1ccccc1Cl.CCOC(=O)c1c(COCCN)nc(C)c(C(=O)OC)c1-c1ccccc1Cl.COC(=O)C1=C(C#N)NC(C)=C(C(=O)OC(C)C)C1c1cccc([N+](=O)[O-])c1.COCCOC(=O)C1=C(C)NC(C)=C(C(=O)OC(C)C)C1c1cccc([N+](=O)[O-])c1.COCCOC(=O)c1c(C)nc(C)c(C(=O)OC(C)C)c1-c1cccc([N+](=O)[O-])c1. The minimum atomic E-state index is -1.06. The van der Waals surface area contributed by atoms with Crippen molar-refractivity contribution in [1.82, 2.24) is 25.9 Å². The van der Waals surface area contributed by atoms with E-state index in [2.05, 4.69) is 25.9 Å². The fraction of sp³-hybridized carbons (Fsp3) is 0.376. The van der Waals surface area contributed by atoms with E-state index in [1.54, 1.807) is 165 Å². The summed E-state index contributed by atoms with van der Waals surface area (Å²) in [5.74, 6) is -9.23. The van der Waals surface area contributed by atoms with E-state index in [9.17, 15) is 83.6 Å². The zero-order valence-electron chi connectivity index (χ0n) is 83.3. The van der Waals surface area contributed by atoms with Crippen molar-refractivity contribution in [1.29, 1.82) is 5.26 Å². The molecule has 43 heteroatoms. The van der Waals surface area contributed by atoms with Crippen LogP contribution in [0.4, 0.5) is 17.1 Å². The Bertz CT molecular complexity index is 6190. The highest BCUT2D eigenvalue weighted by Crippen LogP contribution is 2.46. The molecule has 10 rings (SSSR count). The van der Waals surface area contributed by atoms with E-state index in [0.717, 1.165) is 7.11 Å². The number of esters is 10. The standard InChI is InChI=1S/C21H26N2O7.C21H24N2O7.C20H25ClN2O5.C20H23ClN2O5.C19H19N3O6/c2*1-12(2)30-21(25)18-14(4)22-13(3)17(20(24)29-10-9-28-5)19(18)15-7-6-8-16(11-15)23(26)27;2*1-4-28-20(25)18-15(11-27-10-9-22)23-12(2)16(19(24)26-3)17(18)13-7-5-6-8-14(13)21;1-10(2)28-19(24)15-11(3)21-14(9-20)17(18(23)27-4)16(15)12-6-5-7-13(8-12)22(25)26/h6-8,11-12,19,22H,9-10H2,1-5H3;6-8,11-12H,9-10H2,1-5H3;5-8,17,23H,4,9-11,22H2,1-3H3;5-8H,4,9-11,22H2,1-3H3;5-8,10,16,21H,1-4H3. The lowest BCUT2D eigenvalue weighted by atomic mass is 9.80. The molecule has 0 radical (unpaired) electrons. The van der Waals surface area contributed by atoms with Gasteiger partial charge in [0.1, 0.15) is 25.0 Å². The summed E-state index contributed by atoms with van der Waals surface area (Å²) in [7, 11) is 6.66. The van der Waals surface area contributed by atoms with Crippen molar-refractivity contribution in [2.45, 2.75) is 147 Å². The average molecular weight is 2040 g/mol. The second-order valence-corrected chi connectivity index (χ2v) is 32.8. The van der Waals surface area contributed by atoms with Crippen LogP contribution in [0.2, 0.25) is 10.0 Å². The van der Waals surface area contributed by atoms with Gasteiger partial charge in [-0.25, -0.2) is 47.9 Å². The number of ether oxygens (including phenoxy) is 14. The number of allylic oxidation sites excluding steroid dienone is 5. The topological polar surface area (TPSA) is 567 Å². The van der Waals surface area contributed by atoms with Gasteiger partial charge in [-0.15, -0.1) is 0 Å². The Hall–Kier alpha value is -15.0. The zero-order chi connectivity index (χ0) is 107. The molecular formula is C101H117Cl2N11O30. The first-order valence-corrected chi connectivity index (χ1v) is 45.6. The van der Waals surface area contributed by atoms with Gasteiger partial charge in [0.2, 0.25) is 0 Å². The van der Waals surface area contributed by atoms with Crippen LogP contribution in [0.25, 0.3) is 22.3 Å². The fourth-order valence-electron chi connectivity index (χ4n) is 15.1. The van der Waals surface area contributed by atoms with Gasteiger partial charge < -0.3 is 93.7 Å². The smallest absolute Gasteiger partial charge is 0.340 e. The van der Waals surface area contributed by atoms with Gasteiger partial charge in [0.15, 0.2) is 0 Å². The molecule has 0 fully saturated rings. The number of pyridine rings is 2. The van der Waals surface area contributed by atoms with Gasteiger partial charge in [-0.1, -0.05) is 96.0 Å². The van der Waals surface area contributed by atoms with Crippen LogP contribution < -0.4 is 27.4 Å². The number of carbonyl (C=O) groups is 10. The first-order chi connectivity index (χ1) is 68.4. The van der Waals surface area contributed by atoms with Gasteiger partial charge in [0.25, 0.3) is 17.1 Å². The maximum Gasteiger partial charge on any atom is 0.340 e.